The lowest BCUT2D eigenvalue weighted by Gasteiger charge is -2.12. The van der Waals surface area contributed by atoms with Crippen molar-refractivity contribution in [2.24, 2.45) is 0 Å². The molecule has 184 valence electrons. The van der Waals surface area contributed by atoms with Crippen LogP contribution in [0.4, 0.5) is 11.4 Å². The summed E-state index contributed by atoms with van der Waals surface area (Å²) in [6.45, 7) is 0.199. The summed E-state index contributed by atoms with van der Waals surface area (Å²) in [7, 11) is 1.45. The van der Waals surface area contributed by atoms with Crippen LogP contribution in [0.25, 0.3) is 6.08 Å². The maximum atomic E-state index is 12.7. The largest absolute Gasteiger partial charge is 0.493 e. The summed E-state index contributed by atoms with van der Waals surface area (Å²) in [5.41, 5.74) is 0.599. The van der Waals surface area contributed by atoms with Crippen molar-refractivity contribution in [2.45, 2.75) is 6.61 Å². The minimum absolute atomic E-state index is 0.0567. The lowest BCUT2D eigenvalue weighted by molar-refractivity contribution is -0.384. The lowest BCUT2D eigenvalue weighted by atomic mass is 10.1. The predicted molar refractivity (Wildman–Crippen MR) is 139 cm³/mol. The zero-order valence-corrected chi connectivity index (χ0v) is 21.4. The van der Waals surface area contributed by atoms with Crippen molar-refractivity contribution >= 4 is 69.8 Å². The quantitative estimate of drug-likeness (QED) is 0.132. The fraction of sp³-hybridized carbons (Fsp3) is 0.0833. The first-order chi connectivity index (χ1) is 17.1. The standard InChI is InChI=1S/C24H15Cl4N3O5/c1-35-22-8-13(3-5-21(22)36-12-14-2-4-17(25)18(26)7-14)6-15(11-29)24(32)30-23-19(27)9-16(31(33)34)10-20(23)28/h2-10H,12H2,1H3,(H,30,32)/b15-6+. The number of amides is 1. The van der Waals surface area contributed by atoms with E-state index in [1.807, 2.05) is 0 Å². The molecule has 0 heterocycles. The first-order valence-electron chi connectivity index (χ1n) is 9.94. The highest BCUT2D eigenvalue weighted by Crippen LogP contribution is 2.35. The molecule has 0 aliphatic carbocycles. The number of halogens is 4. The molecule has 0 saturated carbocycles. The van der Waals surface area contributed by atoms with Gasteiger partial charge >= 0.3 is 0 Å². The van der Waals surface area contributed by atoms with Gasteiger partial charge in [-0.3, -0.25) is 14.9 Å². The molecule has 3 aromatic rings. The van der Waals surface area contributed by atoms with E-state index in [2.05, 4.69) is 5.32 Å². The first-order valence-corrected chi connectivity index (χ1v) is 11.5. The Kier molecular flexibility index (Phi) is 9.02. The maximum Gasteiger partial charge on any atom is 0.272 e. The third-order valence-electron chi connectivity index (χ3n) is 4.72. The monoisotopic (exact) mass is 565 g/mol. The minimum atomic E-state index is -0.811. The Balaban J connectivity index is 1.79. The molecule has 36 heavy (non-hydrogen) atoms. The number of nitro groups is 1. The number of hydrogen-bond acceptors (Lipinski definition) is 6. The maximum absolute atomic E-state index is 12.7. The van der Waals surface area contributed by atoms with E-state index in [0.717, 1.165) is 17.7 Å². The van der Waals surface area contributed by atoms with Crippen LogP contribution in [-0.4, -0.2) is 17.9 Å². The van der Waals surface area contributed by atoms with E-state index in [4.69, 9.17) is 55.9 Å². The van der Waals surface area contributed by atoms with Crippen molar-refractivity contribution < 1.29 is 19.2 Å². The van der Waals surface area contributed by atoms with E-state index in [9.17, 15) is 20.2 Å². The summed E-state index contributed by atoms with van der Waals surface area (Å²) in [5, 5.41) is 23.4. The van der Waals surface area contributed by atoms with Crippen LogP contribution in [0.15, 0.2) is 54.1 Å². The summed E-state index contributed by atoms with van der Waals surface area (Å²) in [4.78, 5) is 22.9. The average molecular weight is 567 g/mol. The highest BCUT2D eigenvalue weighted by molar-refractivity contribution is 6.42. The molecular formula is C24H15Cl4N3O5. The lowest BCUT2D eigenvalue weighted by Crippen LogP contribution is -2.14. The van der Waals surface area contributed by atoms with Gasteiger partial charge < -0.3 is 14.8 Å². The Morgan fingerprint density at radius 3 is 2.31 bits per heavy atom. The van der Waals surface area contributed by atoms with Crippen molar-refractivity contribution in [3.8, 4) is 17.6 Å². The number of ether oxygens (including phenoxy) is 2. The van der Waals surface area contributed by atoms with Gasteiger partial charge in [-0.05, 0) is 41.5 Å². The second-order valence-electron chi connectivity index (χ2n) is 7.11. The smallest absolute Gasteiger partial charge is 0.272 e. The Labute approximate surface area is 225 Å². The van der Waals surface area contributed by atoms with Crippen LogP contribution < -0.4 is 14.8 Å². The molecule has 0 aliphatic rings. The molecular weight excluding hydrogens is 552 g/mol. The highest BCUT2D eigenvalue weighted by atomic mass is 35.5. The number of non-ortho nitro benzene ring substituents is 1. The van der Waals surface area contributed by atoms with Crippen molar-refractivity contribution in [1.29, 1.82) is 5.26 Å². The van der Waals surface area contributed by atoms with Gasteiger partial charge in [0.2, 0.25) is 0 Å². The van der Waals surface area contributed by atoms with Gasteiger partial charge in [0.05, 0.1) is 37.8 Å². The zero-order chi connectivity index (χ0) is 26.4. The van der Waals surface area contributed by atoms with Crippen molar-refractivity contribution in [3.63, 3.8) is 0 Å². The third-order valence-corrected chi connectivity index (χ3v) is 6.05. The molecule has 0 spiro atoms. The van der Waals surface area contributed by atoms with Crippen LogP contribution in [-0.2, 0) is 11.4 Å². The fourth-order valence-electron chi connectivity index (χ4n) is 2.96. The number of nitro benzene ring substituents is 1. The van der Waals surface area contributed by atoms with Gasteiger partial charge in [-0.2, -0.15) is 5.26 Å². The van der Waals surface area contributed by atoms with Crippen LogP contribution in [0, 0.1) is 21.4 Å². The summed E-state index contributed by atoms with van der Waals surface area (Å²) in [6, 6.07) is 13.9. The number of nitriles is 1. The van der Waals surface area contributed by atoms with Gasteiger partial charge in [-0.25, -0.2) is 0 Å². The number of anilines is 1. The number of carbonyl (C=O) groups is 1. The van der Waals surface area contributed by atoms with Gasteiger partial charge in [0, 0.05) is 12.1 Å². The van der Waals surface area contributed by atoms with Crippen LogP contribution in [0.5, 0.6) is 11.5 Å². The topological polar surface area (TPSA) is 114 Å². The molecule has 1 N–H and O–H groups in total. The molecule has 0 fully saturated rings. The summed E-state index contributed by atoms with van der Waals surface area (Å²) in [6.07, 6.45) is 1.33. The van der Waals surface area contributed by atoms with Gasteiger partial charge in [-0.15, -0.1) is 0 Å². The molecule has 8 nitrogen and oxygen atoms in total. The second kappa shape index (κ2) is 12.0. The third kappa shape index (κ3) is 6.59. The normalized spacial score (nSPS) is 10.9. The predicted octanol–water partition coefficient (Wildman–Crippen LogP) is 7.34. The molecule has 0 radical (unpaired) electrons. The Morgan fingerprint density at radius 1 is 1.03 bits per heavy atom. The van der Waals surface area contributed by atoms with E-state index in [1.54, 1.807) is 42.5 Å². The SMILES string of the molecule is COc1cc(/C=C(\C#N)C(=O)Nc2c(Cl)cc([N+](=O)[O-])cc2Cl)ccc1OCc1ccc(Cl)c(Cl)c1. The number of methoxy groups -OCH3 is 1. The average Bonchev–Trinajstić information content (AvgIpc) is 2.85. The summed E-state index contributed by atoms with van der Waals surface area (Å²) >= 11 is 24.0. The minimum Gasteiger partial charge on any atom is -0.493 e. The van der Waals surface area contributed by atoms with Gasteiger partial charge in [0.25, 0.3) is 11.6 Å². The Morgan fingerprint density at radius 2 is 1.72 bits per heavy atom. The number of rotatable bonds is 8. The number of nitrogens with one attached hydrogen (secondary N) is 1. The van der Waals surface area contributed by atoms with Gasteiger partial charge in [0.1, 0.15) is 18.2 Å². The molecule has 0 aliphatic heterocycles. The highest BCUT2D eigenvalue weighted by Gasteiger charge is 2.18. The number of carbonyl (C=O) groups excluding carboxylic acids is 1. The summed E-state index contributed by atoms with van der Waals surface area (Å²) < 4.78 is 11.2. The van der Waals surface area contributed by atoms with E-state index in [0.29, 0.717) is 27.1 Å². The van der Waals surface area contributed by atoms with Crippen LogP contribution in [0.3, 0.4) is 0 Å². The van der Waals surface area contributed by atoms with Crippen LogP contribution in [0.2, 0.25) is 20.1 Å². The number of hydrogen-bond donors (Lipinski definition) is 1. The molecule has 3 rings (SSSR count). The van der Waals surface area contributed by atoms with E-state index in [1.165, 1.54) is 13.2 Å². The molecule has 3 aromatic carbocycles. The Hall–Kier alpha value is -3.48. The van der Waals surface area contributed by atoms with Crippen LogP contribution >= 0.6 is 46.4 Å². The molecule has 1 amide bonds. The van der Waals surface area contributed by atoms with Crippen molar-refractivity contribution in [3.05, 3.63) is 95.4 Å². The molecule has 0 bridgehead atoms. The Bertz CT molecular complexity index is 1400. The first kappa shape index (κ1) is 27.1. The van der Waals surface area contributed by atoms with E-state index < -0.39 is 10.8 Å². The molecule has 0 saturated heterocycles. The van der Waals surface area contributed by atoms with Crippen molar-refractivity contribution in [1.82, 2.24) is 0 Å². The van der Waals surface area contributed by atoms with E-state index in [-0.39, 0.29) is 33.6 Å². The molecule has 0 atom stereocenters. The van der Waals surface area contributed by atoms with Gasteiger partial charge in [-0.1, -0.05) is 58.5 Å². The molecule has 0 aromatic heterocycles. The zero-order valence-electron chi connectivity index (χ0n) is 18.4. The summed E-state index contributed by atoms with van der Waals surface area (Å²) in [5.74, 6) is -0.0230. The number of benzene rings is 3. The van der Waals surface area contributed by atoms with Crippen LogP contribution in [0.1, 0.15) is 11.1 Å². The van der Waals surface area contributed by atoms with Crippen molar-refractivity contribution in [2.75, 3.05) is 12.4 Å². The molecule has 12 heteroatoms. The number of nitrogens with zero attached hydrogens (tertiary/aromatic N) is 2. The fourth-order valence-corrected chi connectivity index (χ4v) is 3.86. The van der Waals surface area contributed by atoms with Gasteiger partial charge in [0.15, 0.2) is 11.5 Å². The second-order valence-corrected chi connectivity index (χ2v) is 8.74. The molecule has 0 unspecified atom stereocenters. The van der Waals surface area contributed by atoms with E-state index >= 15 is 0 Å².